The Morgan fingerprint density at radius 1 is 1.17 bits per heavy atom. The molecule has 0 aromatic heterocycles. The molecular formula is C20H29N3O5S. The van der Waals surface area contributed by atoms with Gasteiger partial charge in [0.2, 0.25) is 0 Å². The molecule has 8 nitrogen and oxygen atoms in total. The van der Waals surface area contributed by atoms with E-state index in [9.17, 15) is 19.2 Å². The van der Waals surface area contributed by atoms with E-state index in [0.29, 0.717) is 24.3 Å². The molecule has 0 spiro atoms. The van der Waals surface area contributed by atoms with Crippen molar-refractivity contribution in [2.75, 3.05) is 25.2 Å². The number of ether oxygens (including phenoxy) is 1. The molecule has 1 aromatic carbocycles. The fourth-order valence-electron chi connectivity index (χ4n) is 2.25. The molecule has 0 aliphatic carbocycles. The summed E-state index contributed by atoms with van der Waals surface area (Å²) in [5.74, 6) is -0.999. The number of esters is 1. The summed E-state index contributed by atoms with van der Waals surface area (Å²) < 4.78 is 5.00. The van der Waals surface area contributed by atoms with Crippen molar-refractivity contribution in [1.29, 1.82) is 0 Å². The molecule has 0 fully saturated rings. The van der Waals surface area contributed by atoms with Gasteiger partial charge in [-0.15, -0.1) is 0 Å². The van der Waals surface area contributed by atoms with E-state index in [0.717, 1.165) is 5.56 Å². The first-order valence-corrected chi connectivity index (χ1v) is 10.7. The summed E-state index contributed by atoms with van der Waals surface area (Å²) in [4.78, 5) is 48.1. The molecule has 3 N–H and O–H groups in total. The van der Waals surface area contributed by atoms with Gasteiger partial charge in [0.05, 0.1) is 0 Å². The number of carbonyl (C=O) groups excluding carboxylic acids is 4. The van der Waals surface area contributed by atoms with Gasteiger partial charge in [-0.3, -0.25) is 14.9 Å². The van der Waals surface area contributed by atoms with Gasteiger partial charge in [0.1, 0.15) is 6.04 Å². The molecule has 0 saturated carbocycles. The Morgan fingerprint density at radius 3 is 2.52 bits per heavy atom. The fraction of sp³-hybridized carbons (Fsp3) is 0.500. The van der Waals surface area contributed by atoms with Crippen LogP contribution in [0.2, 0.25) is 0 Å². The number of benzene rings is 1. The van der Waals surface area contributed by atoms with Crippen LogP contribution in [0.5, 0.6) is 0 Å². The molecule has 1 aromatic rings. The van der Waals surface area contributed by atoms with Crippen LogP contribution in [-0.4, -0.2) is 55.0 Å². The summed E-state index contributed by atoms with van der Waals surface area (Å²) >= 11 is 1.52. The van der Waals surface area contributed by atoms with E-state index in [1.54, 1.807) is 18.2 Å². The van der Waals surface area contributed by atoms with Crippen molar-refractivity contribution in [2.45, 2.75) is 33.2 Å². The summed E-state index contributed by atoms with van der Waals surface area (Å²) in [5, 5.41) is 7.27. The Balaban J connectivity index is 2.59. The molecule has 0 aliphatic heterocycles. The number of amides is 4. The van der Waals surface area contributed by atoms with E-state index in [1.807, 2.05) is 33.1 Å². The van der Waals surface area contributed by atoms with E-state index in [1.165, 1.54) is 11.8 Å². The standard InChI is InChI=1S/C20H29N3O5S/c1-13(2)11-21-20(27)23-17(24)12-28-19(26)16(8-9-29-4)22-18(25)15-7-5-6-14(3)10-15/h5-7,10,13,16H,8-9,11-12H2,1-4H3,(H,22,25)(H2,21,23,24,27)/t16-/m0/s1. The third-order valence-electron chi connectivity index (χ3n) is 3.75. The second kappa shape index (κ2) is 12.8. The number of hydrogen-bond acceptors (Lipinski definition) is 6. The minimum Gasteiger partial charge on any atom is -0.454 e. The molecule has 29 heavy (non-hydrogen) atoms. The third kappa shape index (κ3) is 9.98. The summed E-state index contributed by atoms with van der Waals surface area (Å²) in [6, 6.07) is 5.46. The minimum absolute atomic E-state index is 0.239. The van der Waals surface area contributed by atoms with E-state index in [4.69, 9.17) is 4.74 Å². The van der Waals surface area contributed by atoms with Crippen molar-refractivity contribution in [1.82, 2.24) is 16.0 Å². The van der Waals surface area contributed by atoms with Crippen molar-refractivity contribution in [3.05, 3.63) is 35.4 Å². The highest BCUT2D eigenvalue weighted by Crippen LogP contribution is 2.07. The Bertz CT molecular complexity index is 724. The van der Waals surface area contributed by atoms with Crippen molar-refractivity contribution < 1.29 is 23.9 Å². The predicted octanol–water partition coefficient (Wildman–Crippen LogP) is 1.87. The van der Waals surface area contributed by atoms with Gasteiger partial charge in [-0.1, -0.05) is 31.5 Å². The first-order valence-electron chi connectivity index (χ1n) is 9.33. The number of imide groups is 1. The summed E-state index contributed by atoms with van der Waals surface area (Å²) in [7, 11) is 0. The molecule has 160 valence electrons. The lowest BCUT2D eigenvalue weighted by molar-refractivity contribution is -0.150. The number of urea groups is 1. The number of thioether (sulfide) groups is 1. The van der Waals surface area contributed by atoms with Gasteiger partial charge in [0, 0.05) is 12.1 Å². The van der Waals surface area contributed by atoms with Crippen LogP contribution < -0.4 is 16.0 Å². The number of carbonyl (C=O) groups is 4. The maximum absolute atomic E-state index is 12.4. The quantitative estimate of drug-likeness (QED) is 0.495. The van der Waals surface area contributed by atoms with E-state index in [2.05, 4.69) is 16.0 Å². The van der Waals surface area contributed by atoms with Gasteiger partial charge in [0.15, 0.2) is 6.61 Å². The van der Waals surface area contributed by atoms with Crippen LogP contribution in [0.3, 0.4) is 0 Å². The molecule has 0 bridgehead atoms. The topological polar surface area (TPSA) is 114 Å². The van der Waals surface area contributed by atoms with Crippen LogP contribution >= 0.6 is 11.8 Å². The molecular weight excluding hydrogens is 394 g/mol. The van der Waals surface area contributed by atoms with Gasteiger partial charge in [-0.25, -0.2) is 9.59 Å². The van der Waals surface area contributed by atoms with Gasteiger partial charge >= 0.3 is 12.0 Å². The summed E-state index contributed by atoms with van der Waals surface area (Å²) in [6.45, 7) is 5.52. The summed E-state index contributed by atoms with van der Waals surface area (Å²) in [5.41, 5.74) is 1.36. The van der Waals surface area contributed by atoms with Gasteiger partial charge in [-0.05, 0) is 43.4 Å². The number of rotatable bonds is 10. The molecule has 0 radical (unpaired) electrons. The fourth-order valence-corrected chi connectivity index (χ4v) is 2.72. The van der Waals surface area contributed by atoms with Crippen molar-refractivity contribution in [3.8, 4) is 0 Å². The number of aryl methyl sites for hydroxylation is 1. The molecule has 4 amide bonds. The van der Waals surface area contributed by atoms with E-state index < -0.39 is 36.5 Å². The van der Waals surface area contributed by atoms with Crippen LogP contribution in [0.25, 0.3) is 0 Å². The second-order valence-electron chi connectivity index (χ2n) is 6.94. The van der Waals surface area contributed by atoms with E-state index in [-0.39, 0.29) is 5.92 Å². The molecule has 0 heterocycles. The lowest BCUT2D eigenvalue weighted by Gasteiger charge is -2.17. The predicted molar refractivity (Wildman–Crippen MR) is 113 cm³/mol. The SMILES string of the molecule is CSCC[C@H](NC(=O)c1cccc(C)c1)C(=O)OCC(=O)NC(=O)NCC(C)C. The summed E-state index contributed by atoms with van der Waals surface area (Å²) in [6.07, 6.45) is 2.24. The molecule has 0 saturated heterocycles. The zero-order valence-electron chi connectivity index (χ0n) is 17.2. The lowest BCUT2D eigenvalue weighted by Crippen LogP contribution is -2.45. The molecule has 1 rings (SSSR count). The number of nitrogens with one attached hydrogen (secondary N) is 3. The Labute approximate surface area is 175 Å². The van der Waals surface area contributed by atoms with Crippen molar-refractivity contribution in [3.63, 3.8) is 0 Å². The highest BCUT2D eigenvalue weighted by molar-refractivity contribution is 7.98. The smallest absolute Gasteiger partial charge is 0.329 e. The average Bonchev–Trinajstić information content (AvgIpc) is 2.67. The monoisotopic (exact) mass is 423 g/mol. The van der Waals surface area contributed by atoms with Crippen molar-refractivity contribution >= 4 is 35.6 Å². The van der Waals surface area contributed by atoms with Crippen LogP contribution in [0.4, 0.5) is 4.79 Å². The zero-order chi connectivity index (χ0) is 21.8. The average molecular weight is 424 g/mol. The highest BCUT2D eigenvalue weighted by Gasteiger charge is 2.23. The number of hydrogen-bond donors (Lipinski definition) is 3. The first kappa shape index (κ1) is 24.5. The normalized spacial score (nSPS) is 11.5. The maximum Gasteiger partial charge on any atom is 0.329 e. The Hall–Kier alpha value is -2.55. The largest absolute Gasteiger partial charge is 0.454 e. The van der Waals surface area contributed by atoms with Crippen LogP contribution in [0, 0.1) is 12.8 Å². The van der Waals surface area contributed by atoms with Gasteiger partial charge in [-0.2, -0.15) is 11.8 Å². The molecule has 9 heteroatoms. The lowest BCUT2D eigenvalue weighted by atomic mass is 10.1. The van der Waals surface area contributed by atoms with E-state index >= 15 is 0 Å². The van der Waals surface area contributed by atoms with Gasteiger partial charge < -0.3 is 15.4 Å². The van der Waals surface area contributed by atoms with Crippen LogP contribution in [0.1, 0.15) is 36.2 Å². The van der Waals surface area contributed by atoms with Crippen LogP contribution in [-0.2, 0) is 14.3 Å². The maximum atomic E-state index is 12.4. The zero-order valence-corrected chi connectivity index (χ0v) is 18.1. The van der Waals surface area contributed by atoms with Gasteiger partial charge in [0.25, 0.3) is 11.8 Å². The third-order valence-corrected chi connectivity index (χ3v) is 4.39. The molecule has 1 atom stereocenters. The van der Waals surface area contributed by atoms with Crippen molar-refractivity contribution in [2.24, 2.45) is 5.92 Å². The second-order valence-corrected chi connectivity index (χ2v) is 7.92. The van der Waals surface area contributed by atoms with Crippen LogP contribution in [0.15, 0.2) is 24.3 Å². The highest BCUT2D eigenvalue weighted by atomic mass is 32.2. The Morgan fingerprint density at radius 2 is 1.90 bits per heavy atom. The molecule has 0 aliphatic rings. The molecule has 0 unspecified atom stereocenters. The minimum atomic E-state index is -0.891. The first-order chi connectivity index (χ1) is 13.7. The Kier molecular flexibility index (Phi) is 10.8.